The third-order valence-corrected chi connectivity index (χ3v) is 1.24. The molecule has 0 bridgehead atoms. The minimum absolute atomic E-state index is 0.120. The number of hydrogen-bond donors (Lipinski definition) is 2. The summed E-state index contributed by atoms with van der Waals surface area (Å²) in [6.45, 7) is 0. The van der Waals surface area contributed by atoms with Gasteiger partial charge in [-0.15, -0.1) is 0 Å². The van der Waals surface area contributed by atoms with Crippen molar-refractivity contribution in [2.45, 2.75) is 0 Å². The van der Waals surface area contributed by atoms with Crippen molar-refractivity contribution in [3.8, 4) is 0 Å². The van der Waals surface area contributed by atoms with E-state index in [1.54, 1.807) is 0 Å². The lowest BCUT2D eigenvalue weighted by Gasteiger charge is -2.12. The van der Waals surface area contributed by atoms with E-state index < -0.39 is 10.9 Å². The fourth-order valence-electron chi connectivity index (χ4n) is 0.718. The van der Waals surface area contributed by atoms with E-state index in [1.165, 1.54) is 7.05 Å². The highest BCUT2D eigenvalue weighted by Gasteiger charge is 2.19. The van der Waals surface area contributed by atoms with Crippen molar-refractivity contribution in [2.24, 2.45) is 0 Å². The smallest absolute Gasteiger partial charge is 0.255 e. The van der Waals surface area contributed by atoms with Crippen molar-refractivity contribution in [1.82, 2.24) is 0 Å². The predicted octanol–water partition coefficient (Wildman–Crippen LogP) is -1.31. The second kappa shape index (κ2) is 1.81. The van der Waals surface area contributed by atoms with Crippen molar-refractivity contribution < 1.29 is 5.21 Å². The maximum absolute atomic E-state index is 10.5. The van der Waals surface area contributed by atoms with Crippen molar-refractivity contribution in [3.05, 3.63) is 20.4 Å². The largest absolute Gasteiger partial charge is 0.394 e. The Hall–Kier alpha value is -1.36. The van der Waals surface area contributed by atoms with Gasteiger partial charge in [-0.2, -0.15) is 0 Å². The van der Waals surface area contributed by atoms with Crippen molar-refractivity contribution in [2.75, 3.05) is 17.8 Å². The number of anilines is 2. The predicted molar refractivity (Wildman–Crippen MR) is 36.0 cm³/mol. The van der Waals surface area contributed by atoms with Crippen LogP contribution in [-0.4, -0.2) is 12.3 Å². The molecule has 0 aliphatic heterocycles. The summed E-state index contributed by atoms with van der Waals surface area (Å²) in [5.41, 5.74) is 3.31. The first kappa shape index (κ1) is 6.76. The Balaban J connectivity index is 3.23. The molecule has 0 amide bonds. The molecule has 0 aromatic heterocycles. The van der Waals surface area contributed by atoms with Gasteiger partial charge in [-0.05, 0) is 0 Å². The molecule has 3 N–H and O–H groups in total. The molecule has 0 spiro atoms. The van der Waals surface area contributed by atoms with Gasteiger partial charge in [0.05, 0.1) is 0 Å². The number of nitrogen functional groups attached to an aromatic ring is 1. The van der Waals surface area contributed by atoms with Crippen LogP contribution in [0.4, 0.5) is 11.4 Å². The molecular formula is C5H6N2O3. The molecule has 0 heterocycles. The molecule has 0 saturated heterocycles. The summed E-state index contributed by atoms with van der Waals surface area (Å²) >= 11 is 0. The average molecular weight is 142 g/mol. The first-order valence-corrected chi connectivity index (χ1v) is 2.57. The van der Waals surface area contributed by atoms with Gasteiger partial charge >= 0.3 is 0 Å². The Morgan fingerprint density at radius 2 is 1.90 bits per heavy atom. The number of hydroxylamine groups is 1. The van der Waals surface area contributed by atoms with Crippen LogP contribution in [-0.2, 0) is 0 Å². The fraction of sp³-hybridized carbons (Fsp3) is 0.200. The average Bonchev–Trinajstić information content (AvgIpc) is 1.87. The van der Waals surface area contributed by atoms with Gasteiger partial charge in [0.1, 0.15) is 11.4 Å². The van der Waals surface area contributed by atoms with Crippen LogP contribution >= 0.6 is 0 Å². The minimum atomic E-state index is -0.734. The van der Waals surface area contributed by atoms with E-state index in [4.69, 9.17) is 10.9 Å². The minimum Gasteiger partial charge on any atom is -0.394 e. The molecule has 1 rings (SSSR count). The van der Waals surface area contributed by atoms with Gasteiger partial charge in [0.15, 0.2) is 0 Å². The topological polar surface area (TPSA) is 83.6 Å². The Kier molecular flexibility index (Phi) is 1.22. The standard InChI is InChI=1S/C5H6N2O3/c1-7(10)3-2(6)4(8)5(3)9/h10H,6H2,1H3. The molecule has 1 aromatic rings. The molecule has 5 nitrogen and oxygen atoms in total. The summed E-state index contributed by atoms with van der Waals surface area (Å²) in [6.07, 6.45) is 0. The van der Waals surface area contributed by atoms with Crippen LogP contribution < -0.4 is 21.7 Å². The first-order chi connectivity index (χ1) is 4.55. The molecular weight excluding hydrogens is 136 g/mol. The molecule has 0 fully saturated rings. The fourth-order valence-corrected chi connectivity index (χ4v) is 0.718. The summed E-state index contributed by atoms with van der Waals surface area (Å²) in [5, 5.41) is 9.19. The maximum Gasteiger partial charge on any atom is 0.255 e. The van der Waals surface area contributed by atoms with Gasteiger partial charge in [0.2, 0.25) is 0 Å². The highest BCUT2D eigenvalue weighted by Crippen LogP contribution is 2.11. The lowest BCUT2D eigenvalue weighted by atomic mass is 10.2. The number of nitrogens with zero attached hydrogens (tertiary/aromatic N) is 1. The summed E-state index contributed by atoms with van der Waals surface area (Å²) in [6, 6.07) is 0. The van der Waals surface area contributed by atoms with Gasteiger partial charge < -0.3 is 5.73 Å². The van der Waals surface area contributed by atoms with Crippen LogP contribution in [0.25, 0.3) is 0 Å². The molecule has 0 unspecified atom stereocenters. The first-order valence-electron chi connectivity index (χ1n) is 2.57. The lowest BCUT2D eigenvalue weighted by molar-refractivity contribution is 0.278. The van der Waals surface area contributed by atoms with Crippen LogP contribution in [0.1, 0.15) is 0 Å². The molecule has 0 atom stereocenters. The second-order valence-corrected chi connectivity index (χ2v) is 1.94. The van der Waals surface area contributed by atoms with E-state index in [1.807, 2.05) is 0 Å². The van der Waals surface area contributed by atoms with Crippen LogP contribution in [0.15, 0.2) is 9.59 Å². The van der Waals surface area contributed by atoms with E-state index in [9.17, 15) is 9.59 Å². The third-order valence-electron chi connectivity index (χ3n) is 1.24. The molecule has 0 aliphatic rings. The van der Waals surface area contributed by atoms with Crippen molar-refractivity contribution in [1.29, 1.82) is 0 Å². The molecule has 0 saturated carbocycles. The molecule has 0 radical (unpaired) electrons. The normalized spacial score (nSPS) is 10.2. The van der Waals surface area contributed by atoms with E-state index in [0.717, 1.165) is 0 Å². The summed E-state index contributed by atoms with van der Waals surface area (Å²) in [4.78, 5) is 20.9. The van der Waals surface area contributed by atoms with E-state index in [0.29, 0.717) is 5.06 Å². The summed E-state index contributed by atoms with van der Waals surface area (Å²) < 4.78 is 0. The van der Waals surface area contributed by atoms with Crippen molar-refractivity contribution in [3.63, 3.8) is 0 Å². The van der Waals surface area contributed by atoms with Crippen LogP contribution in [0, 0.1) is 0 Å². The van der Waals surface area contributed by atoms with E-state index in [-0.39, 0.29) is 11.4 Å². The van der Waals surface area contributed by atoms with Gasteiger partial charge in [-0.3, -0.25) is 19.9 Å². The summed E-state index contributed by atoms with van der Waals surface area (Å²) in [7, 11) is 1.23. The number of rotatable bonds is 1. The Morgan fingerprint density at radius 1 is 1.40 bits per heavy atom. The lowest BCUT2D eigenvalue weighted by Crippen LogP contribution is -2.39. The number of hydrogen-bond acceptors (Lipinski definition) is 5. The van der Waals surface area contributed by atoms with Crippen LogP contribution in [0.2, 0.25) is 0 Å². The highest BCUT2D eigenvalue weighted by atomic mass is 16.5. The van der Waals surface area contributed by atoms with Gasteiger partial charge in [0, 0.05) is 7.05 Å². The molecule has 54 valence electrons. The van der Waals surface area contributed by atoms with Gasteiger partial charge in [-0.1, -0.05) is 0 Å². The monoisotopic (exact) mass is 142 g/mol. The molecule has 1 aromatic carbocycles. The maximum atomic E-state index is 10.5. The van der Waals surface area contributed by atoms with Gasteiger partial charge in [-0.25, -0.2) is 0 Å². The Labute approximate surface area is 55.9 Å². The quantitative estimate of drug-likeness (QED) is 0.375. The number of nitrogens with two attached hydrogens (primary N) is 1. The zero-order chi connectivity index (χ0) is 7.89. The van der Waals surface area contributed by atoms with Crippen LogP contribution in [0.5, 0.6) is 0 Å². The van der Waals surface area contributed by atoms with Gasteiger partial charge in [0.25, 0.3) is 10.9 Å². The Morgan fingerprint density at radius 3 is 2.10 bits per heavy atom. The molecule has 0 aliphatic carbocycles. The van der Waals surface area contributed by atoms with Crippen molar-refractivity contribution >= 4 is 11.4 Å². The molecule has 5 heteroatoms. The Bertz CT molecular complexity index is 321. The van der Waals surface area contributed by atoms with Crippen LogP contribution in [0.3, 0.4) is 0 Å². The van der Waals surface area contributed by atoms with E-state index in [2.05, 4.69) is 0 Å². The second-order valence-electron chi connectivity index (χ2n) is 1.94. The van der Waals surface area contributed by atoms with E-state index >= 15 is 0 Å². The third kappa shape index (κ3) is 0.608. The zero-order valence-corrected chi connectivity index (χ0v) is 5.29. The summed E-state index contributed by atoms with van der Waals surface area (Å²) in [5.74, 6) is 0. The SMILES string of the molecule is CN(O)c1c(N)c(=O)c1=O. The molecule has 10 heavy (non-hydrogen) atoms. The highest BCUT2D eigenvalue weighted by molar-refractivity contribution is 5.70. The zero-order valence-electron chi connectivity index (χ0n) is 5.29.